The minimum Gasteiger partial charge on any atom is -0.457 e. The number of amides is 5. The molecule has 4 rings (SSSR count). The summed E-state index contributed by atoms with van der Waals surface area (Å²) in [4.78, 5) is 50.7. The molecule has 1 aliphatic heterocycles. The number of hydrogen-bond donors (Lipinski definition) is 1. The van der Waals surface area contributed by atoms with Gasteiger partial charge in [-0.3, -0.25) is 24.2 Å². The maximum atomic E-state index is 13.0. The van der Waals surface area contributed by atoms with E-state index in [-0.39, 0.29) is 31.4 Å². The Balaban J connectivity index is 1.34. The molecule has 9 heteroatoms. The van der Waals surface area contributed by atoms with Gasteiger partial charge in [0.1, 0.15) is 17.3 Å². The number of halogens is 1. The van der Waals surface area contributed by atoms with Crippen LogP contribution >= 0.6 is 0 Å². The predicted octanol–water partition coefficient (Wildman–Crippen LogP) is 3.86. The van der Waals surface area contributed by atoms with Gasteiger partial charge in [-0.1, -0.05) is 24.3 Å². The SMILES string of the molecule is CCN1C(=O)C(=O)N(Cc2cccc(C(=O)NCc3ccc(Oc4ccc(F)cc4)cc3)c2)C1=O. The lowest BCUT2D eigenvalue weighted by molar-refractivity contribution is -0.143. The number of nitrogens with one attached hydrogen (secondary N) is 1. The topological polar surface area (TPSA) is 96.0 Å². The first kappa shape index (κ1) is 23.6. The summed E-state index contributed by atoms with van der Waals surface area (Å²) in [5, 5.41) is 2.82. The minimum atomic E-state index is -0.876. The summed E-state index contributed by atoms with van der Waals surface area (Å²) in [6.45, 7) is 1.89. The van der Waals surface area contributed by atoms with E-state index in [0.29, 0.717) is 22.6 Å². The number of likely N-dealkylation sites (N-methyl/N-ethyl adjacent to an activating group) is 1. The number of nitrogens with zero attached hydrogens (tertiary/aromatic N) is 2. The summed E-state index contributed by atoms with van der Waals surface area (Å²) in [5.41, 5.74) is 1.75. The molecule has 1 saturated heterocycles. The second kappa shape index (κ2) is 10.2. The van der Waals surface area contributed by atoms with E-state index in [2.05, 4.69) is 5.32 Å². The molecule has 0 bridgehead atoms. The van der Waals surface area contributed by atoms with Crippen LogP contribution in [0.25, 0.3) is 0 Å². The Morgan fingerprint density at radius 2 is 1.49 bits per heavy atom. The van der Waals surface area contributed by atoms with E-state index >= 15 is 0 Å². The van der Waals surface area contributed by atoms with Crippen LogP contribution in [-0.2, 0) is 22.7 Å². The molecule has 1 fully saturated rings. The van der Waals surface area contributed by atoms with Crippen LogP contribution in [-0.4, -0.2) is 40.1 Å². The third-order valence-corrected chi connectivity index (χ3v) is 5.41. The van der Waals surface area contributed by atoms with Gasteiger partial charge >= 0.3 is 17.8 Å². The largest absolute Gasteiger partial charge is 0.457 e. The third kappa shape index (κ3) is 5.35. The zero-order valence-electron chi connectivity index (χ0n) is 18.9. The van der Waals surface area contributed by atoms with Crippen molar-refractivity contribution in [3.63, 3.8) is 0 Å². The zero-order chi connectivity index (χ0) is 24.9. The van der Waals surface area contributed by atoms with Crippen LogP contribution in [0.5, 0.6) is 11.5 Å². The molecule has 0 aromatic heterocycles. The fourth-order valence-corrected chi connectivity index (χ4v) is 3.56. The zero-order valence-corrected chi connectivity index (χ0v) is 18.9. The van der Waals surface area contributed by atoms with Gasteiger partial charge in [-0.15, -0.1) is 0 Å². The fraction of sp³-hybridized carbons (Fsp3) is 0.154. The van der Waals surface area contributed by atoms with Crippen molar-refractivity contribution in [3.05, 3.63) is 95.3 Å². The summed E-state index contributed by atoms with van der Waals surface area (Å²) in [6.07, 6.45) is 0. The summed E-state index contributed by atoms with van der Waals surface area (Å²) < 4.78 is 18.7. The molecular formula is C26H22FN3O5. The monoisotopic (exact) mass is 475 g/mol. The van der Waals surface area contributed by atoms with E-state index < -0.39 is 17.8 Å². The molecule has 0 saturated carbocycles. The molecule has 0 atom stereocenters. The van der Waals surface area contributed by atoms with Crippen molar-refractivity contribution in [3.8, 4) is 11.5 Å². The second-order valence-corrected chi connectivity index (χ2v) is 7.81. The van der Waals surface area contributed by atoms with Crippen LogP contribution in [0.3, 0.4) is 0 Å². The van der Waals surface area contributed by atoms with Gasteiger partial charge in [0.25, 0.3) is 5.91 Å². The molecule has 3 aromatic carbocycles. The Labute approximate surface area is 200 Å². The number of ether oxygens (including phenoxy) is 1. The molecule has 0 aliphatic carbocycles. The lowest BCUT2D eigenvalue weighted by Gasteiger charge is -2.14. The van der Waals surface area contributed by atoms with Gasteiger partial charge in [0.15, 0.2) is 0 Å². The molecule has 35 heavy (non-hydrogen) atoms. The molecule has 0 spiro atoms. The molecule has 1 N–H and O–H groups in total. The first-order chi connectivity index (χ1) is 16.9. The first-order valence-corrected chi connectivity index (χ1v) is 10.9. The third-order valence-electron chi connectivity index (χ3n) is 5.41. The standard InChI is InChI=1S/C26H22FN3O5/c1-2-29-24(32)25(33)30(26(29)34)16-18-4-3-5-19(14-18)23(31)28-15-17-6-10-21(11-7-17)35-22-12-8-20(27)9-13-22/h3-14H,2,15-16H2,1H3,(H,28,31). The Hall–Kier alpha value is -4.53. The van der Waals surface area contributed by atoms with E-state index in [1.807, 2.05) is 0 Å². The molecule has 0 radical (unpaired) electrons. The number of hydrogen-bond acceptors (Lipinski definition) is 5. The summed E-state index contributed by atoms with van der Waals surface area (Å²) in [6, 6.07) is 18.7. The Kier molecular flexibility index (Phi) is 6.86. The van der Waals surface area contributed by atoms with E-state index in [0.717, 1.165) is 15.4 Å². The Morgan fingerprint density at radius 1 is 0.857 bits per heavy atom. The molecule has 1 aliphatic rings. The maximum absolute atomic E-state index is 13.0. The van der Waals surface area contributed by atoms with E-state index in [9.17, 15) is 23.6 Å². The fourth-order valence-electron chi connectivity index (χ4n) is 3.56. The van der Waals surface area contributed by atoms with Gasteiger partial charge in [-0.2, -0.15) is 0 Å². The average Bonchev–Trinajstić information content (AvgIpc) is 3.07. The summed E-state index contributed by atoms with van der Waals surface area (Å²) in [5.74, 6) is -1.31. The molecule has 0 unspecified atom stereocenters. The highest BCUT2D eigenvalue weighted by Gasteiger charge is 2.43. The van der Waals surface area contributed by atoms with Crippen LogP contribution in [0.15, 0.2) is 72.8 Å². The molecule has 1 heterocycles. The summed E-state index contributed by atoms with van der Waals surface area (Å²) >= 11 is 0. The molecular weight excluding hydrogens is 453 g/mol. The molecule has 3 aromatic rings. The van der Waals surface area contributed by atoms with Crippen molar-refractivity contribution in [2.45, 2.75) is 20.0 Å². The van der Waals surface area contributed by atoms with Gasteiger partial charge in [0.05, 0.1) is 6.54 Å². The van der Waals surface area contributed by atoms with Crippen molar-refractivity contribution in [2.75, 3.05) is 6.54 Å². The quantitative estimate of drug-likeness (QED) is 0.394. The number of carbonyl (C=O) groups excluding carboxylic acids is 4. The highest BCUT2D eigenvalue weighted by molar-refractivity contribution is 6.44. The van der Waals surface area contributed by atoms with Crippen molar-refractivity contribution in [1.29, 1.82) is 0 Å². The van der Waals surface area contributed by atoms with Crippen molar-refractivity contribution >= 4 is 23.8 Å². The molecule has 8 nitrogen and oxygen atoms in total. The second-order valence-electron chi connectivity index (χ2n) is 7.81. The highest BCUT2D eigenvalue weighted by Crippen LogP contribution is 2.22. The van der Waals surface area contributed by atoms with Gasteiger partial charge in [-0.25, -0.2) is 9.18 Å². The van der Waals surface area contributed by atoms with Gasteiger partial charge in [-0.05, 0) is 66.6 Å². The van der Waals surface area contributed by atoms with Gasteiger partial charge in [0.2, 0.25) is 0 Å². The lowest BCUT2D eigenvalue weighted by Crippen LogP contribution is -2.33. The lowest BCUT2D eigenvalue weighted by atomic mass is 10.1. The van der Waals surface area contributed by atoms with Gasteiger partial charge in [0, 0.05) is 18.7 Å². The number of carbonyl (C=O) groups is 4. The van der Waals surface area contributed by atoms with E-state index in [1.165, 1.54) is 24.3 Å². The van der Waals surface area contributed by atoms with Crippen LogP contribution in [0.4, 0.5) is 9.18 Å². The first-order valence-electron chi connectivity index (χ1n) is 10.9. The van der Waals surface area contributed by atoms with Crippen molar-refractivity contribution in [1.82, 2.24) is 15.1 Å². The predicted molar refractivity (Wildman–Crippen MR) is 124 cm³/mol. The Bertz CT molecular complexity index is 1270. The van der Waals surface area contributed by atoms with Crippen molar-refractivity contribution < 1.29 is 28.3 Å². The van der Waals surface area contributed by atoms with Crippen LogP contribution < -0.4 is 10.1 Å². The number of imide groups is 2. The van der Waals surface area contributed by atoms with Gasteiger partial charge < -0.3 is 10.1 Å². The normalized spacial score (nSPS) is 13.4. The van der Waals surface area contributed by atoms with Crippen LogP contribution in [0, 0.1) is 5.82 Å². The smallest absolute Gasteiger partial charge is 0.334 e. The van der Waals surface area contributed by atoms with E-state index in [1.54, 1.807) is 55.5 Å². The average molecular weight is 475 g/mol. The minimum absolute atomic E-state index is 0.101. The van der Waals surface area contributed by atoms with Crippen LogP contribution in [0.1, 0.15) is 28.4 Å². The highest BCUT2D eigenvalue weighted by atomic mass is 19.1. The van der Waals surface area contributed by atoms with Crippen LogP contribution in [0.2, 0.25) is 0 Å². The molecule has 5 amide bonds. The molecule has 178 valence electrons. The van der Waals surface area contributed by atoms with E-state index in [4.69, 9.17) is 4.74 Å². The van der Waals surface area contributed by atoms with Crippen molar-refractivity contribution in [2.24, 2.45) is 0 Å². The number of benzene rings is 3. The number of urea groups is 1. The summed E-state index contributed by atoms with van der Waals surface area (Å²) in [7, 11) is 0. The Morgan fingerprint density at radius 3 is 2.11 bits per heavy atom. The number of rotatable bonds is 8. The maximum Gasteiger partial charge on any atom is 0.334 e.